The Labute approximate surface area is 127 Å². The molecule has 0 aromatic carbocycles. The van der Waals surface area contributed by atoms with Crippen LogP contribution < -0.4 is 10.6 Å². The molecule has 2 fully saturated rings. The van der Waals surface area contributed by atoms with Gasteiger partial charge in [0, 0.05) is 32.6 Å². The van der Waals surface area contributed by atoms with E-state index in [9.17, 15) is 9.59 Å². The largest absolute Gasteiger partial charge is 0.343 e. The average molecular weight is 295 g/mol. The molecule has 1 saturated heterocycles. The molecule has 2 N–H and O–H groups in total. The quantitative estimate of drug-likeness (QED) is 0.708. The Balaban J connectivity index is 1.44. The van der Waals surface area contributed by atoms with Gasteiger partial charge in [0.05, 0.1) is 0 Å². The maximum absolute atomic E-state index is 11.6. The molecule has 1 saturated carbocycles. The van der Waals surface area contributed by atoms with Crippen LogP contribution in [0.3, 0.4) is 0 Å². The van der Waals surface area contributed by atoms with E-state index in [0.717, 1.165) is 44.8 Å². The van der Waals surface area contributed by atoms with Gasteiger partial charge in [-0.2, -0.15) is 0 Å². The molecule has 120 valence electrons. The predicted molar refractivity (Wildman–Crippen MR) is 83.0 cm³/mol. The lowest BCUT2D eigenvalue weighted by Crippen LogP contribution is -2.38. The fourth-order valence-corrected chi connectivity index (χ4v) is 3.34. The number of carbonyl (C=O) groups is 2. The van der Waals surface area contributed by atoms with E-state index in [2.05, 4.69) is 10.6 Å². The van der Waals surface area contributed by atoms with Gasteiger partial charge < -0.3 is 15.5 Å². The van der Waals surface area contributed by atoms with Crippen molar-refractivity contribution in [3.8, 4) is 0 Å². The zero-order valence-corrected chi connectivity index (χ0v) is 13.0. The van der Waals surface area contributed by atoms with E-state index in [1.54, 1.807) is 0 Å². The number of amides is 3. The average Bonchev–Trinajstić information content (AvgIpc) is 2.90. The van der Waals surface area contributed by atoms with Gasteiger partial charge in [0.15, 0.2) is 0 Å². The Bertz CT molecular complexity index is 340. The van der Waals surface area contributed by atoms with Crippen LogP contribution in [0.5, 0.6) is 0 Å². The first-order valence-corrected chi connectivity index (χ1v) is 8.55. The van der Waals surface area contributed by atoms with Crippen LogP contribution in [0.2, 0.25) is 0 Å². The summed E-state index contributed by atoms with van der Waals surface area (Å²) in [6, 6.07) is -0.0708. The normalized spacial score (nSPS) is 19.8. The molecular formula is C16H29N3O2. The molecule has 0 aromatic heterocycles. The monoisotopic (exact) mass is 295 g/mol. The second kappa shape index (κ2) is 8.90. The van der Waals surface area contributed by atoms with Crippen LogP contribution in [-0.2, 0) is 4.79 Å². The van der Waals surface area contributed by atoms with Gasteiger partial charge in [0.1, 0.15) is 0 Å². The smallest absolute Gasteiger partial charge is 0.314 e. The number of nitrogens with one attached hydrogen (secondary N) is 2. The Hall–Kier alpha value is -1.26. The summed E-state index contributed by atoms with van der Waals surface area (Å²) >= 11 is 0. The van der Waals surface area contributed by atoms with Crippen molar-refractivity contribution < 1.29 is 9.59 Å². The second-order valence-electron chi connectivity index (χ2n) is 6.31. The summed E-state index contributed by atoms with van der Waals surface area (Å²) in [5, 5.41) is 5.81. The molecular weight excluding hydrogens is 266 g/mol. The Morgan fingerprint density at radius 3 is 2.57 bits per heavy atom. The summed E-state index contributed by atoms with van der Waals surface area (Å²) in [6.45, 7) is 3.06. The third-order valence-corrected chi connectivity index (χ3v) is 4.62. The maximum atomic E-state index is 11.6. The summed E-state index contributed by atoms with van der Waals surface area (Å²) < 4.78 is 0. The van der Waals surface area contributed by atoms with Crippen LogP contribution >= 0.6 is 0 Å². The van der Waals surface area contributed by atoms with Crippen molar-refractivity contribution in [3.05, 3.63) is 0 Å². The molecule has 0 radical (unpaired) electrons. The molecule has 2 rings (SSSR count). The van der Waals surface area contributed by atoms with Gasteiger partial charge in [-0.05, 0) is 25.2 Å². The predicted octanol–water partition coefficient (Wildman–Crippen LogP) is 2.27. The third kappa shape index (κ3) is 5.94. The van der Waals surface area contributed by atoms with Crippen LogP contribution in [0.15, 0.2) is 0 Å². The lowest BCUT2D eigenvalue weighted by molar-refractivity contribution is -0.127. The molecule has 0 spiro atoms. The van der Waals surface area contributed by atoms with Gasteiger partial charge in [-0.3, -0.25) is 4.79 Å². The van der Waals surface area contributed by atoms with Crippen LogP contribution in [0.25, 0.3) is 0 Å². The van der Waals surface area contributed by atoms with Crippen molar-refractivity contribution in [2.75, 3.05) is 26.2 Å². The molecule has 1 aliphatic heterocycles. The van der Waals surface area contributed by atoms with Crippen molar-refractivity contribution in [3.63, 3.8) is 0 Å². The molecule has 2 aliphatic rings. The first kappa shape index (κ1) is 16.1. The molecule has 3 amide bonds. The minimum Gasteiger partial charge on any atom is -0.343 e. The fourth-order valence-electron chi connectivity index (χ4n) is 3.34. The minimum atomic E-state index is -0.0708. The van der Waals surface area contributed by atoms with Gasteiger partial charge in [-0.15, -0.1) is 0 Å². The van der Waals surface area contributed by atoms with Gasteiger partial charge >= 0.3 is 6.03 Å². The molecule has 5 nitrogen and oxygen atoms in total. The van der Waals surface area contributed by atoms with Gasteiger partial charge in [-0.25, -0.2) is 4.79 Å². The fraction of sp³-hybridized carbons (Fsp3) is 0.875. The minimum absolute atomic E-state index is 0.0708. The van der Waals surface area contributed by atoms with Crippen LogP contribution in [0.1, 0.15) is 57.8 Å². The van der Waals surface area contributed by atoms with E-state index in [0.29, 0.717) is 13.0 Å². The van der Waals surface area contributed by atoms with Gasteiger partial charge in [0.25, 0.3) is 0 Å². The molecule has 5 heteroatoms. The number of urea groups is 1. The van der Waals surface area contributed by atoms with Gasteiger partial charge in [0.2, 0.25) is 5.91 Å². The Kier molecular flexibility index (Phi) is 6.83. The highest BCUT2D eigenvalue weighted by Crippen LogP contribution is 2.25. The molecule has 0 aromatic rings. The molecule has 0 bridgehead atoms. The number of rotatable bonds is 7. The molecule has 1 aliphatic carbocycles. The maximum Gasteiger partial charge on any atom is 0.314 e. The van der Waals surface area contributed by atoms with Crippen LogP contribution in [0, 0.1) is 5.92 Å². The van der Waals surface area contributed by atoms with Crippen molar-refractivity contribution in [1.29, 1.82) is 0 Å². The lowest BCUT2D eigenvalue weighted by Gasteiger charge is -2.21. The highest BCUT2D eigenvalue weighted by Gasteiger charge is 2.19. The van der Waals surface area contributed by atoms with Crippen molar-refractivity contribution >= 4 is 11.9 Å². The first-order valence-electron chi connectivity index (χ1n) is 8.55. The van der Waals surface area contributed by atoms with E-state index < -0.39 is 0 Å². The zero-order valence-electron chi connectivity index (χ0n) is 13.0. The molecule has 21 heavy (non-hydrogen) atoms. The lowest BCUT2D eigenvalue weighted by atomic mass is 9.87. The summed E-state index contributed by atoms with van der Waals surface area (Å²) in [7, 11) is 0. The summed E-state index contributed by atoms with van der Waals surface area (Å²) in [5.41, 5.74) is 0. The first-order chi connectivity index (χ1) is 10.3. The van der Waals surface area contributed by atoms with E-state index >= 15 is 0 Å². The van der Waals surface area contributed by atoms with E-state index in [4.69, 9.17) is 0 Å². The van der Waals surface area contributed by atoms with E-state index in [1.807, 2.05) is 4.90 Å². The number of carbonyl (C=O) groups excluding carboxylic acids is 2. The zero-order chi connectivity index (χ0) is 14.9. The summed E-state index contributed by atoms with van der Waals surface area (Å²) in [4.78, 5) is 25.0. The van der Waals surface area contributed by atoms with Gasteiger partial charge in [-0.1, -0.05) is 32.1 Å². The van der Waals surface area contributed by atoms with E-state index in [-0.39, 0.29) is 11.9 Å². The number of likely N-dealkylation sites (tertiary alicyclic amines) is 1. The molecule has 1 heterocycles. The molecule has 0 atom stereocenters. The van der Waals surface area contributed by atoms with Crippen molar-refractivity contribution in [2.45, 2.75) is 57.8 Å². The van der Waals surface area contributed by atoms with Crippen molar-refractivity contribution in [2.24, 2.45) is 5.92 Å². The van der Waals surface area contributed by atoms with Crippen molar-refractivity contribution in [1.82, 2.24) is 15.5 Å². The standard InChI is InChI=1S/C16H29N3O2/c20-15-8-4-12-19(15)13-5-10-17-16(21)18-11-9-14-6-2-1-3-7-14/h14H,1-13H2,(H2,17,18,21). The highest BCUT2D eigenvalue weighted by atomic mass is 16.2. The summed E-state index contributed by atoms with van der Waals surface area (Å²) in [5.74, 6) is 1.06. The third-order valence-electron chi connectivity index (χ3n) is 4.62. The Morgan fingerprint density at radius 1 is 1.10 bits per heavy atom. The van der Waals surface area contributed by atoms with Crippen LogP contribution in [-0.4, -0.2) is 43.0 Å². The highest BCUT2D eigenvalue weighted by molar-refractivity contribution is 5.78. The SMILES string of the molecule is O=C(NCCCN1CCCC1=O)NCCC1CCCCC1. The number of nitrogens with zero attached hydrogens (tertiary/aromatic N) is 1. The topological polar surface area (TPSA) is 61.4 Å². The number of hydrogen-bond donors (Lipinski definition) is 2. The molecule has 0 unspecified atom stereocenters. The second-order valence-corrected chi connectivity index (χ2v) is 6.31. The van der Waals surface area contributed by atoms with Crippen LogP contribution in [0.4, 0.5) is 4.79 Å². The Morgan fingerprint density at radius 2 is 1.86 bits per heavy atom. The number of hydrogen-bond acceptors (Lipinski definition) is 2. The van der Waals surface area contributed by atoms with E-state index in [1.165, 1.54) is 32.1 Å². The summed E-state index contributed by atoms with van der Waals surface area (Å²) in [6.07, 6.45) is 10.4.